The van der Waals surface area contributed by atoms with Gasteiger partial charge in [-0.05, 0) is 62.3 Å². The first-order valence-corrected chi connectivity index (χ1v) is 8.60. The number of anilines is 1. The van der Waals surface area contributed by atoms with Crippen LogP contribution in [0.15, 0.2) is 18.2 Å². The van der Waals surface area contributed by atoms with Crippen molar-refractivity contribution in [1.29, 1.82) is 0 Å². The van der Waals surface area contributed by atoms with E-state index >= 15 is 0 Å². The molecule has 0 spiro atoms. The average Bonchev–Trinajstić information content (AvgIpc) is 3.27. The van der Waals surface area contributed by atoms with Gasteiger partial charge in [0.15, 0.2) is 0 Å². The molecule has 0 bridgehead atoms. The summed E-state index contributed by atoms with van der Waals surface area (Å²) in [4.78, 5) is 26.8. The number of aryl methyl sites for hydroxylation is 1. The van der Waals surface area contributed by atoms with Crippen LogP contribution in [0.2, 0.25) is 0 Å². The molecule has 4 heteroatoms. The monoisotopic (exact) mass is 314 g/mol. The molecule has 1 N–H and O–H groups in total. The summed E-state index contributed by atoms with van der Waals surface area (Å²) < 4.78 is 0. The van der Waals surface area contributed by atoms with Crippen LogP contribution in [-0.2, 0) is 4.79 Å². The van der Waals surface area contributed by atoms with Gasteiger partial charge in [0.25, 0.3) is 5.91 Å². The average molecular weight is 314 g/mol. The number of carbonyl (C=O) groups excluding carboxylic acids is 2. The molecule has 23 heavy (non-hydrogen) atoms. The third kappa shape index (κ3) is 3.41. The van der Waals surface area contributed by atoms with Gasteiger partial charge in [0, 0.05) is 29.8 Å². The molecule has 1 aliphatic carbocycles. The molecule has 1 unspecified atom stereocenters. The highest BCUT2D eigenvalue weighted by molar-refractivity contribution is 5.99. The maximum absolute atomic E-state index is 12.6. The van der Waals surface area contributed by atoms with Gasteiger partial charge in [0.1, 0.15) is 0 Å². The van der Waals surface area contributed by atoms with Crippen LogP contribution >= 0.6 is 0 Å². The number of hydrogen-bond donors (Lipinski definition) is 1. The normalized spacial score (nSPS) is 22.6. The highest BCUT2D eigenvalue weighted by Crippen LogP contribution is 2.45. The van der Waals surface area contributed by atoms with Crippen LogP contribution in [0.4, 0.5) is 5.69 Å². The standard InChI is InChI=1S/C19H26N2O2/c1-13-5-4-10-21(12-13)17(22)15-6-7-16(14(2)11-15)20-18(23)19(3)8-9-19/h6-7,11,13H,4-5,8-10,12H2,1-3H3,(H,20,23). The zero-order valence-corrected chi connectivity index (χ0v) is 14.3. The van der Waals surface area contributed by atoms with Crippen LogP contribution < -0.4 is 5.32 Å². The van der Waals surface area contributed by atoms with Crippen molar-refractivity contribution >= 4 is 17.5 Å². The number of nitrogens with zero attached hydrogens (tertiary/aromatic N) is 1. The lowest BCUT2D eigenvalue weighted by Crippen LogP contribution is -2.39. The molecule has 1 atom stereocenters. The Kier molecular flexibility index (Phi) is 4.17. The van der Waals surface area contributed by atoms with Gasteiger partial charge in [-0.1, -0.05) is 13.8 Å². The second kappa shape index (κ2) is 5.99. The van der Waals surface area contributed by atoms with Crippen LogP contribution in [-0.4, -0.2) is 29.8 Å². The summed E-state index contributed by atoms with van der Waals surface area (Å²) in [5.41, 5.74) is 2.28. The Bertz CT molecular complexity index is 634. The molecule has 2 aliphatic rings. The SMILES string of the molecule is Cc1cc(C(=O)N2CCCC(C)C2)ccc1NC(=O)C1(C)CC1. The van der Waals surface area contributed by atoms with Crippen molar-refractivity contribution in [3.63, 3.8) is 0 Å². The van der Waals surface area contributed by atoms with E-state index in [0.29, 0.717) is 11.5 Å². The molecule has 1 heterocycles. The topological polar surface area (TPSA) is 49.4 Å². The summed E-state index contributed by atoms with van der Waals surface area (Å²) >= 11 is 0. The molecule has 1 saturated heterocycles. The van der Waals surface area contributed by atoms with E-state index in [-0.39, 0.29) is 17.2 Å². The number of rotatable bonds is 3. The molecule has 124 valence electrons. The van der Waals surface area contributed by atoms with E-state index < -0.39 is 0 Å². The Morgan fingerprint density at radius 1 is 1.30 bits per heavy atom. The summed E-state index contributed by atoms with van der Waals surface area (Å²) in [6, 6.07) is 5.59. The zero-order valence-electron chi connectivity index (χ0n) is 14.3. The molecule has 2 fully saturated rings. The summed E-state index contributed by atoms with van der Waals surface area (Å²) in [6.45, 7) is 7.82. The van der Waals surface area contributed by atoms with E-state index in [9.17, 15) is 9.59 Å². The second-order valence-corrected chi connectivity index (χ2v) is 7.54. The van der Waals surface area contributed by atoms with Gasteiger partial charge >= 0.3 is 0 Å². The molecule has 3 rings (SSSR count). The van der Waals surface area contributed by atoms with Crippen LogP contribution in [0.5, 0.6) is 0 Å². The van der Waals surface area contributed by atoms with Crippen molar-refractivity contribution in [2.45, 2.75) is 46.5 Å². The van der Waals surface area contributed by atoms with Crippen molar-refractivity contribution < 1.29 is 9.59 Å². The minimum atomic E-state index is -0.190. The van der Waals surface area contributed by atoms with E-state index in [2.05, 4.69) is 12.2 Å². The van der Waals surface area contributed by atoms with Crippen molar-refractivity contribution in [2.75, 3.05) is 18.4 Å². The molecule has 1 aromatic carbocycles. The third-order valence-electron chi connectivity index (χ3n) is 5.21. The van der Waals surface area contributed by atoms with Gasteiger partial charge in [-0.3, -0.25) is 9.59 Å². The van der Waals surface area contributed by atoms with Crippen molar-refractivity contribution in [3.8, 4) is 0 Å². The minimum Gasteiger partial charge on any atom is -0.338 e. The quantitative estimate of drug-likeness (QED) is 0.926. The van der Waals surface area contributed by atoms with E-state index in [0.717, 1.165) is 43.6 Å². The fraction of sp³-hybridized carbons (Fsp3) is 0.579. The number of benzene rings is 1. The van der Waals surface area contributed by atoms with Gasteiger partial charge in [-0.15, -0.1) is 0 Å². The fourth-order valence-electron chi connectivity index (χ4n) is 3.18. The molecule has 1 aliphatic heterocycles. The Morgan fingerprint density at radius 2 is 2.04 bits per heavy atom. The number of carbonyl (C=O) groups is 2. The van der Waals surface area contributed by atoms with Crippen LogP contribution in [0.25, 0.3) is 0 Å². The molecule has 0 aromatic heterocycles. The smallest absolute Gasteiger partial charge is 0.253 e. The second-order valence-electron chi connectivity index (χ2n) is 7.54. The molecular formula is C19H26N2O2. The molecule has 2 amide bonds. The first kappa shape index (κ1) is 16.0. The highest BCUT2D eigenvalue weighted by Gasteiger charge is 2.44. The Labute approximate surface area is 138 Å². The van der Waals surface area contributed by atoms with Gasteiger partial charge in [-0.2, -0.15) is 0 Å². The lowest BCUT2D eigenvalue weighted by molar-refractivity contribution is -0.120. The molecule has 1 saturated carbocycles. The summed E-state index contributed by atoms with van der Waals surface area (Å²) in [5.74, 6) is 0.767. The van der Waals surface area contributed by atoms with E-state index in [1.165, 1.54) is 6.42 Å². The Morgan fingerprint density at radius 3 is 2.65 bits per heavy atom. The summed E-state index contributed by atoms with van der Waals surface area (Å²) in [6.07, 6.45) is 4.20. The number of nitrogens with one attached hydrogen (secondary N) is 1. The van der Waals surface area contributed by atoms with Crippen molar-refractivity contribution in [1.82, 2.24) is 4.90 Å². The molecule has 0 radical (unpaired) electrons. The maximum atomic E-state index is 12.6. The minimum absolute atomic E-state index is 0.0875. The summed E-state index contributed by atoms with van der Waals surface area (Å²) in [7, 11) is 0. The van der Waals surface area contributed by atoms with Gasteiger partial charge in [0.2, 0.25) is 5.91 Å². The number of piperidine rings is 1. The van der Waals surface area contributed by atoms with Crippen molar-refractivity contribution in [2.24, 2.45) is 11.3 Å². The molecule has 1 aromatic rings. The van der Waals surface area contributed by atoms with Gasteiger partial charge in [0.05, 0.1) is 0 Å². The number of hydrogen-bond acceptors (Lipinski definition) is 2. The van der Waals surface area contributed by atoms with Crippen LogP contribution in [0, 0.1) is 18.3 Å². The first-order chi connectivity index (χ1) is 10.9. The Hall–Kier alpha value is -1.84. The number of likely N-dealkylation sites (tertiary alicyclic amines) is 1. The lowest BCUT2D eigenvalue weighted by Gasteiger charge is -2.31. The van der Waals surface area contributed by atoms with E-state index in [1.807, 2.05) is 36.9 Å². The predicted molar refractivity (Wildman–Crippen MR) is 91.5 cm³/mol. The zero-order chi connectivity index (χ0) is 16.6. The van der Waals surface area contributed by atoms with Crippen LogP contribution in [0.1, 0.15) is 55.5 Å². The highest BCUT2D eigenvalue weighted by atomic mass is 16.2. The van der Waals surface area contributed by atoms with Crippen LogP contribution in [0.3, 0.4) is 0 Å². The van der Waals surface area contributed by atoms with E-state index in [1.54, 1.807) is 0 Å². The number of amides is 2. The third-order valence-corrected chi connectivity index (χ3v) is 5.21. The predicted octanol–water partition coefficient (Wildman–Crippen LogP) is 3.61. The van der Waals surface area contributed by atoms with Gasteiger partial charge in [-0.25, -0.2) is 0 Å². The maximum Gasteiger partial charge on any atom is 0.253 e. The summed E-state index contributed by atoms with van der Waals surface area (Å²) in [5, 5.41) is 3.00. The molecule has 4 nitrogen and oxygen atoms in total. The van der Waals surface area contributed by atoms with Crippen molar-refractivity contribution in [3.05, 3.63) is 29.3 Å². The molecular weight excluding hydrogens is 288 g/mol. The Balaban J connectivity index is 1.71. The largest absolute Gasteiger partial charge is 0.338 e. The first-order valence-electron chi connectivity index (χ1n) is 8.60. The van der Waals surface area contributed by atoms with E-state index in [4.69, 9.17) is 0 Å². The van der Waals surface area contributed by atoms with Gasteiger partial charge < -0.3 is 10.2 Å². The lowest BCUT2D eigenvalue weighted by atomic mass is 9.99. The fourth-order valence-corrected chi connectivity index (χ4v) is 3.18.